The van der Waals surface area contributed by atoms with Crippen molar-refractivity contribution in [1.29, 1.82) is 0 Å². The normalized spacial score (nSPS) is 10.8. The zero-order valence-electron chi connectivity index (χ0n) is 13.4. The molecule has 0 spiro atoms. The number of pyridine rings is 1. The molecule has 3 rings (SSSR count). The van der Waals surface area contributed by atoms with Gasteiger partial charge >= 0.3 is 6.61 Å². The van der Waals surface area contributed by atoms with Crippen LogP contribution in [0.4, 0.5) is 14.5 Å². The summed E-state index contributed by atoms with van der Waals surface area (Å²) in [4.78, 5) is 21.5. The molecule has 0 radical (unpaired) electrons. The van der Waals surface area contributed by atoms with Gasteiger partial charge in [0.1, 0.15) is 15.6 Å². The van der Waals surface area contributed by atoms with Gasteiger partial charge < -0.3 is 10.1 Å². The summed E-state index contributed by atoms with van der Waals surface area (Å²) in [5.74, 6) is -0.535. The lowest BCUT2D eigenvalue weighted by atomic mass is 10.3. The minimum absolute atomic E-state index is 0.0294. The van der Waals surface area contributed by atoms with Crippen LogP contribution in [-0.2, 0) is 0 Å². The van der Waals surface area contributed by atoms with E-state index in [1.165, 1.54) is 29.5 Å². The molecule has 0 unspecified atom stereocenters. The van der Waals surface area contributed by atoms with Gasteiger partial charge in [-0.2, -0.15) is 8.78 Å². The van der Waals surface area contributed by atoms with Gasteiger partial charge in [0.2, 0.25) is 0 Å². The van der Waals surface area contributed by atoms with E-state index in [0.717, 1.165) is 0 Å². The molecule has 1 N–H and O–H groups in total. The molecular weight excluding hydrogens is 384 g/mol. The number of carbonyl (C=O) groups is 1. The maximum atomic E-state index is 12.5. The molecule has 2 aromatic heterocycles. The van der Waals surface area contributed by atoms with E-state index < -0.39 is 6.61 Å². The third-order valence-corrected chi connectivity index (χ3v) is 4.77. The van der Waals surface area contributed by atoms with Crippen molar-refractivity contribution in [3.8, 4) is 16.5 Å². The van der Waals surface area contributed by atoms with Crippen molar-refractivity contribution in [2.75, 3.05) is 5.32 Å². The number of aryl methyl sites for hydroxylation is 1. The highest BCUT2D eigenvalue weighted by Gasteiger charge is 2.17. The van der Waals surface area contributed by atoms with Crippen LogP contribution in [0.3, 0.4) is 0 Å². The predicted molar refractivity (Wildman–Crippen MR) is 96.1 cm³/mol. The maximum absolute atomic E-state index is 12.5. The van der Waals surface area contributed by atoms with Crippen LogP contribution < -0.4 is 10.1 Å². The Morgan fingerprint density at radius 2 is 2.12 bits per heavy atom. The Hall–Kier alpha value is -2.58. The zero-order valence-corrected chi connectivity index (χ0v) is 14.9. The third kappa shape index (κ3) is 4.14. The van der Waals surface area contributed by atoms with Gasteiger partial charge in [0.25, 0.3) is 5.91 Å². The van der Waals surface area contributed by atoms with Crippen molar-refractivity contribution in [1.82, 2.24) is 9.97 Å². The highest BCUT2D eigenvalue weighted by Crippen LogP contribution is 2.30. The number of amides is 1. The summed E-state index contributed by atoms with van der Waals surface area (Å²) in [5, 5.41) is 3.27. The lowest BCUT2D eigenvalue weighted by molar-refractivity contribution is -0.0497. The van der Waals surface area contributed by atoms with Gasteiger partial charge in [-0.25, -0.2) is 4.98 Å². The van der Waals surface area contributed by atoms with E-state index in [4.69, 9.17) is 11.6 Å². The number of halogens is 3. The Bertz CT molecular complexity index is 935. The smallest absolute Gasteiger partial charge is 0.387 e. The molecule has 26 heavy (non-hydrogen) atoms. The summed E-state index contributed by atoms with van der Waals surface area (Å²) < 4.78 is 28.8. The van der Waals surface area contributed by atoms with E-state index in [0.29, 0.717) is 27.0 Å². The molecule has 0 bridgehead atoms. The SMILES string of the molecule is Cc1nc(-c2ccccn2)sc1C(=O)Nc1ccc(OC(F)F)c(Cl)c1. The first-order valence-electron chi connectivity index (χ1n) is 7.38. The number of benzene rings is 1. The second-order valence-electron chi connectivity index (χ2n) is 5.13. The standard InChI is InChI=1S/C17H12ClF2N3O2S/c1-9-14(26-16(22-9)12-4-2-3-7-21-12)15(24)23-10-5-6-13(11(18)8-10)25-17(19)20/h2-8,17H,1H3,(H,23,24). The van der Waals surface area contributed by atoms with E-state index in [1.807, 2.05) is 12.1 Å². The molecule has 0 fully saturated rings. The van der Waals surface area contributed by atoms with Crippen molar-refractivity contribution in [2.24, 2.45) is 0 Å². The van der Waals surface area contributed by atoms with E-state index in [1.54, 1.807) is 19.2 Å². The number of nitrogens with zero attached hydrogens (tertiary/aromatic N) is 2. The van der Waals surface area contributed by atoms with Gasteiger partial charge in [-0.3, -0.25) is 9.78 Å². The Balaban J connectivity index is 1.78. The first kappa shape index (κ1) is 18.2. The minimum atomic E-state index is -2.97. The van der Waals surface area contributed by atoms with Crippen LogP contribution in [-0.4, -0.2) is 22.5 Å². The fourth-order valence-corrected chi connectivity index (χ4v) is 3.33. The summed E-state index contributed by atoms with van der Waals surface area (Å²) in [6.07, 6.45) is 1.65. The summed E-state index contributed by atoms with van der Waals surface area (Å²) in [6.45, 7) is -1.25. The molecule has 134 valence electrons. The van der Waals surface area contributed by atoms with Crippen molar-refractivity contribution >= 4 is 34.5 Å². The number of hydrogen-bond donors (Lipinski definition) is 1. The third-order valence-electron chi connectivity index (χ3n) is 3.29. The summed E-state index contributed by atoms with van der Waals surface area (Å²) in [5.41, 5.74) is 1.60. The van der Waals surface area contributed by atoms with Crippen molar-refractivity contribution < 1.29 is 18.3 Å². The Kier molecular flexibility index (Phi) is 5.43. The molecule has 0 aliphatic rings. The maximum Gasteiger partial charge on any atom is 0.387 e. The Labute approximate surface area is 156 Å². The van der Waals surface area contributed by atoms with Gasteiger partial charge in [0.05, 0.1) is 16.4 Å². The van der Waals surface area contributed by atoms with E-state index >= 15 is 0 Å². The van der Waals surface area contributed by atoms with Crippen LogP contribution >= 0.6 is 22.9 Å². The molecule has 0 aliphatic carbocycles. The van der Waals surface area contributed by atoms with Crippen LogP contribution in [0.25, 0.3) is 10.7 Å². The molecule has 3 aromatic rings. The number of ether oxygens (including phenoxy) is 1. The molecule has 0 saturated heterocycles. The molecule has 1 amide bonds. The van der Waals surface area contributed by atoms with Crippen LogP contribution in [0.15, 0.2) is 42.6 Å². The fourth-order valence-electron chi connectivity index (χ4n) is 2.16. The minimum Gasteiger partial charge on any atom is -0.433 e. The Morgan fingerprint density at radius 1 is 1.31 bits per heavy atom. The van der Waals surface area contributed by atoms with Gasteiger partial charge in [0, 0.05) is 11.9 Å². The first-order valence-corrected chi connectivity index (χ1v) is 8.58. The topological polar surface area (TPSA) is 64.1 Å². The van der Waals surface area contributed by atoms with Gasteiger partial charge in [-0.05, 0) is 37.3 Å². The summed E-state index contributed by atoms with van der Waals surface area (Å²) >= 11 is 7.10. The molecule has 0 atom stereocenters. The van der Waals surface area contributed by atoms with E-state index in [2.05, 4.69) is 20.0 Å². The molecular formula is C17H12ClF2N3O2S. The summed E-state index contributed by atoms with van der Waals surface area (Å²) in [6, 6.07) is 9.47. The lowest BCUT2D eigenvalue weighted by Crippen LogP contribution is -2.11. The van der Waals surface area contributed by atoms with Crippen LogP contribution in [0, 0.1) is 6.92 Å². The molecule has 5 nitrogen and oxygen atoms in total. The van der Waals surface area contributed by atoms with Gasteiger partial charge in [-0.1, -0.05) is 17.7 Å². The number of nitrogens with one attached hydrogen (secondary N) is 1. The van der Waals surface area contributed by atoms with E-state index in [9.17, 15) is 13.6 Å². The van der Waals surface area contributed by atoms with Gasteiger partial charge in [-0.15, -0.1) is 11.3 Å². The predicted octanol–water partition coefficient (Wildman–Crippen LogP) is 5.02. The number of anilines is 1. The molecule has 0 saturated carbocycles. The molecule has 1 aromatic carbocycles. The number of hydrogen-bond acceptors (Lipinski definition) is 5. The van der Waals surface area contributed by atoms with Crippen molar-refractivity contribution in [3.05, 3.63) is 58.2 Å². The van der Waals surface area contributed by atoms with Gasteiger partial charge in [0.15, 0.2) is 0 Å². The Morgan fingerprint density at radius 3 is 2.77 bits per heavy atom. The molecule has 9 heteroatoms. The average molecular weight is 396 g/mol. The number of alkyl halides is 2. The highest BCUT2D eigenvalue weighted by atomic mass is 35.5. The summed E-state index contributed by atoms with van der Waals surface area (Å²) in [7, 11) is 0. The number of carbonyl (C=O) groups excluding carboxylic acids is 1. The second kappa shape index (κ2) is 7.76. The first-order chi connectivity index (χ1) is 12.4. The van der Waals surface area contributed by atoms with E-state index in [-0.39, 0.29) is 16.7 Å². The second-order valence-corrected chi connectivity index (χ2v) is 6.53. The molecule has 2 heterocycles. The number of rotatable bonds is 5. The molecule has 0 aliphatic heterocycles. The van der Waals surface area contributed by atoms with Crippen LogP contribution in [0.2, 0.25) is 5.02 Å². The highest BCUT2D eigenvalue weighted by molar-refractivity contribution is 7.17. The fraction of sp³-hybridized carbons (Fsp3) is 0.118. The van der Waals surface area contributed by atoms with Crippen molar-refractivity contribution in [2.45, 2.75) is 13.5 Å². The average Bonchev–Trinajstić information content (AvgIpc) is 3.00. The largest absolute Gasteiger partial charge is 0.433 e. The lowest BCUT2D eigenvalue weighted by Gasteiger charge is -2.09. The van der Waals surface area contributed by atoms with Crippen LogP contribution in [0.5, 0.6) is 5.75 Å². The zero-order chi connectivity index (χ0) is 18.7. The number of thiazole rings is 1. The monoisotopic (exact) mass is 395 g/mol. The van der Waals surface area contributed by atoms with Crippen molar-refractivity contribution in [3.63, 3.8) is 0 Å². The quantitative estimate of drug-likeness (QED) is 0.658. The van der Waals surface area contributed by atoms with Crippen LogP contribution in [0.1, 0.15) is 15.4 Å². The number of aromatic nitrogens is 2.